The molecule has 0 fully saturated rings. The van der Waals surface area contributed by atoms with Crippen LogP contribution in [0, 0.1) is 13.8 Å². The number of hydrogen-bond donors (Lipinski definition) is 1. The molecule has 7 nitrogen and oxygen atoms in total. The normalized spacial score (nSPS) is 13.0. The van der Waals surface area contributed by atoms with Gasteiger partial charge in [-0.2, -0.15) is 16.8 Å². The zero-order valence-corrected chi connectivity index (χ0v) is 26.6. The number of benzene rings is 2. The molecule has 0 aliphatic rings. The van der Waals surface area contributed by atoms with Crippen LogP contribution in [0.2, 0.25) is 0 Å². The molecule has 0 aliphatic carbocycles. The summed E-state index contributed by atoms with van der Waals surface area (Å²) in [5.74, 6) is 0. The summed E-state index contributed by atoms with van der Waals surface area (Å²) in [4.78, 5) is 0.409. The summed E-state index contributed by atoms with van der Waals surface area (Å²) in [7, 11) is -7.34. The molecule has 0 aromatic heterocycles. The number of aliphatic hydroxyl groups is 1. The third kappa shape index (κ3) is 15.3. The Morgan fingerprint density at radius 3 is 1.15 bits per heavy atom. The summed E-state index contributed by atoms with van der Waals surface area (Å²) in [6, 6.07) is 13.4. The molecule has 0 bridgehead atoms. The van der Waals surface area contributed by atoms with E-state index in [1.54, 1.807) is 48.5 Å². The summed E-state index contributed by atoms with van der Waals surface area (Å²) in [6.45, 7) is 4.26. The molecular weight excluding hydrogens is 560 g/mol. The minimum Gasteiger partial charge on any atom is -0.393 e. The highest BCUT2D eigenvalue weighted by Gasteiger charge is 2.15. The van der Waals surface area contributed by atoms with E-state index < -0.39 is 20.2 Å². The first kappa shape index (κ1) is 35.4. The minimum atomic E-state index is -3.67. The maximum atomic E-state index is 12.2. The van der Waals surface area contributed by atoms with E-state index in [4.69, 9.17) is 8.37 Å². The van der Waals surface area contributed by atoms with Crippen molar-refractivity contribution >= 4 is 20.2 Å². The fraction of sp³-hybridized carbons (Fsp3) is 0.625. The van der Waals surface area contributed by atoms with Crippen molar-refractivity contribution in [1.29, 1.82) is 0 Å². The van der Waals surface area contributed by atoms with Gasteiger partial charge >= 0.3 is 0 Å². The van der Waals surface area contributed by atoms with E-state index in [-0.39, 0.29) is 29.1 Å². The molecule has 0 spiro atoms. The monoisotopic (exact) mass is 610 g/mol. The molecule has 0 aliphatic heterocycles. The van der Waals surface area contributed by atoms with Crippen LogP contribution in [-0.4, -0.2) is 41.3 Å². The van der Waals surface area contributed by atoms with Crippen LogP contribution < -0.4 is 0 Å². The predicted octanol–water partition coefficient (Wildman–Crippen LogP) is 7.63. The van der Waals surface area contributed by atoms with Crippen LogP contribution >= 0.6 is 0 Å². The van der Waals surface area contributed by atoms with Gasteiger partial charge in [-0.3, -0.25) is 8.37 Å². The van der Waals surface area contributed by atoms with Gasteiger partial charge in [0.2, 0.25) is 0 Å². The average Bonchev–Trinajstić information content (AvgIpc) is 2.93. The first-order valence-corrected chi connectivity index (χ1v) is 18.0. The fourth-order valence-corrected chi connectivity index (χ4v) is 6.47. The molecule has 1 unspecified atom stereocenters. The Hall–Kier alpha value is -1.78. The Labute approximate surface area is 248 Å². The van der Waals surface area contributed by atoms with Crippen molar-refractivity contribution in [2.24, 2.45) is 0 Å². The van der Waals surface area contributed by atoms with Crippen LogP contribution in [-0.2, 0) is 28.6 Å². The molecule has 41 heavy (non-hydrogen) atoms. The highest BCUT2D eigenvalue weighted by Crippen LogP contribution is 2.17. The van der Waals surface area contributed by atoms with Gasteiger partial charge in [-0.05, 0) is 63.8 Å². The van der Waals surface area contributed by atoms with Crippen LogP contribution in [0.5, 0.6) is 0 Å². The van der Waals surface area contributed by atoms with Crippen molar-refractivity contribution in [1.82, 2.24) is 0 Å². The van der Waals surface area contributed by atoms with Gasteiger partial charge in [-0.1, -0.05) is 106 Å². The summed E-state index contributed by atoms with van der Waals surface area (Å²) in [5.41, 5.74) is 2.02. The van der Waals surface area contributed by atoms with Crippen molar-refractivity contribution in [3.05, 3.63) is 59.7 Å². The van der Waals surface area contributed by atoms with Crippen LogP contribution in [0.25, 0.3) is 0 Å². The molecular formula is C32H50O7S2. The Balaban J connectivity index is 1.35. The number of rotatable bonds is 23. The fourth-order valence-electron chi connectivity index (χ4n) is 4.58. The number of hydrogen-bond acceptors (Lipinski definition) is 7. The van der Waals surface area contributed by atoms with E-state index in [0.29, 0.717) is 0 Å². The van der Waals surface area contributed by atoms with E-state index in [9.17, 15) is 21.9 Å². The zero-order valence-electron chi connectivity index (χ0n) is 24.9. The van der Waals surface area contributed by atoms with Crippen molar-refractivity contribution < 1.29 is 30.3 Å². The van der Waals surface area contributed by atoms with Gasteiger partial charge in [0.25, 0.3) is 20.2 Å². The smallest absolute Gasteiger partial charge is 0.296 e. The van der Waals surface area contributed by atoms with Crippen molar-refractivity contribution in [2.75, 3.05) is 13.2 Å². The maximum absolute atomic E-state index is 12.2. The molecule has 0 radical (unpaired) electrons. The average molecular weight is 611 g/mol. The van der Waals surface area contributed by atoms with Gasteiger partial charge < -0.3 is 5.11 Å². The van der Waals surface area contributed by atoms with Crippen molar-refractivity contribution in [3.63, 3.8) is 0 Å². The summed E-state index contributed by atoms with van der Waals surface area (Å²) in [5, 5.41) is 10.2. The standard InChI is InChI=1S/C32H50O7S2/c1-28-18-22-31(23-19-28)40(34,35)38-26-14-10-6-3-4-8-12-16-30(33)17-13-9-5-7-11-15-27-39-41(36,37)32-24-20-29(2)21-25-32/h18-25,30,33H,3-17,26-27H2,1-2H3. The van der Waals surface area contributed by atoms with Gasteiger partial charge in [-0.15, -0.1) is 0 Å². The van der Waals surface area contributed by atoms with Gasteiger partial charge in [0, 0.05) is 0 Å². The SMILES string of the molecule is Cc1ccc(S(=O)(=O)OCCCCCCCCCC(O)CCCCCCCCOS(=O)(=O)c2ccc(C)cc2)cc1. The van der Waals surface area contributed by atoms with E-state index in [1.165, 1.54) is 0 Å². The molecule has 2 rings (SSSR count). The molecule has 0 saturated carbocycles. The first-order chi connectivity index (χ1) is 19.6. The topological polar surface area (TPSA) is 107 Å². The molecule has 2 aromatic rings. The van der Waals surface area contributed by atoms with E-state index in [2.05, 4.69) is 0 Å². The predicted molar refractivity (Wildman–Crippen MR) is 164 cm³/mol. The second-order valence-corrected chi connectivity index (χ2v) is 14.2. The Bertz CT molecular complexity index is 1180. The number of unbranched alkanes of at least 4 members (excludes halogenated alkanes) is 11. The molecule has 232 valence electrons. The molecule has 2 aromatic carbocycles. The van der Waals surface area contributed by atoms with Crippen LogP contribution in [0.3, 0.4) is 0 Å². The second kappa shape index (κ2) is 19.4. The largest absolute Gasteiger partial charge is 0.393 e. The lowest BCUT2D eigenvalue weighted by molar-refractivity contribution is 0.147. The lowest BCUT2D eigenvalue weighted by Crippen LogP contribution is -2.07. The van der Waals surface area contributed by atoms with Crippen molar-refractivity contribution in [2.45, 2.75) is 126 Å². The highest BCUT2D eigenvalue weighted by atomic mass is 32.2. The molecule has 1 N–H and O–H groups in total. The molecule has 0 amide bonds. The quantitative estimate of drug-likeness (QED) is 0.102. The third-order valence-electron chi connectivity index (χ3n) is 7.21. The Morgan fingerprint density at radius 1 is 0.512 bits per heavy atom. The van der Waals surface area contributed by atoms with E-state index >= 15 is 0 Å². The highest BCUT2D eigenvalue weighted by molar-refractivity contribution is 7.87. The Morgan fingerprint density at radius 2 is 0.805 bits per heavy atom. The van der Waals surface area contributed by atoms with Gasteiger partial charge in [-0.25, -0.2) is 0 Å². The van der Waals surface area contributed by atoms with Gasteiger partial charge in [0.05, 0.1) is 29.1 Å². The molecule has 0 heterocycles. The number of aliphatic hydroxyl groups excluding tert-OH is 1. The number of aryl methyl sites for hydroxylation is 2. The maximum Gasteiger partial charge on any atom is 0.296 e. The minimum absolute atomic E-state index is 0.203. The lowest BCUT2D eigenvalue weighted by Gasteiger charge is -2.10. The third-order valence-corrected chi connectivity index (χ3v) is 9.86. The zero-order chi connectivity index (χ0) is 30.0. The van der Waals surface area contributed by atoms with Crippen LogP contribution in [0.4, 0.5) is 0 Å². The van der Waals surface area contributed by atoms with Crippen LogP contribution in [0.15, 0.2) is 58.3 Å². The summed E-state index contributed by atoms with van der Waals surface area (Å²) < 4.78 is 58.9. The van der Waals surface area contributed by atoms with E-state index in [1.807, 2.05) is 13.8 Å². The molecule has 1 atom stereocenters. The Kier molecular flexibility index (Phi) is 16.8. The van der Waals surface area contributed by atoms with Crippen LogP contribution in [0.1, 0.15) is 107 Å². The molecule has 0 saturated heterocycles. The van der Waals surface area contributed by atoms with Gasteiger partial charge in [0.15, 0.2) is 0 Å². The lowest BCUT2D eigenvalue weighted by atomic mass is 10.0. The summed E-state index contributed by atoms with van der Waals surface area (Å²) in [6.07, 6.45) is 14.4. The second-order valence-electron chi connectivity index (χ2n) is 11.0. The van der Waals surface area contributed by atoms with E-state index in [0.717, 1.165) is 107 Å². The van der Waals surface area contributed by atoms with Gasteiger partial charge in [0.1, 0.15) is 0 Å². The van der Waals surface area contributed by atoms with Crippen molar-refractivity contribution in [3.8, 4) is 0 Å². The first-order valence-electron chi connectivity index (χ1n) is 15.2. The summed E-state index contributed by atoms with van der Waals surface area (Å²) >= 11 is 0. The molecule has 9 heteroatoms.